The number of carbonyl (C=O) groups is 2. The van der Waals surface area contributed by atoms with Crippen molar-refractivity contribution in [2.75, 3.05) is 6.54 Å². The number of hydrogen-bond acceptors (Lipinski definition) is 3. The van der Waals surface area contributed by atoms with Gasteiger partial charge < -0.3 is 20.2 Å². The molecule has 1 amide bonds. The summed E-state index contributed by atoms with van der Waals surface area (Å²) in [4.78, 5) is 26.9. The summed E-state index contributed by atoms with van der Waals surface area (Å²) in [6.45, 7) is 2.51. The maximum atomic E-state index is 12.3. The molecule has 2 aromatic rings. The first kappa shape index (κ1) is 16.3. The number of carboxylic acid groups (broad SMARTS) is 1. The summed E-state index contributed by atoms with van der Waals surface area (Å²) in [7, 11) is 0. The number of aryl methyl sites for hydroxylation is 1. The smallest absolute Gasteiger partial charge is 0.224 e. The summed E-state index contributed by atoms with van der Waals surface area (Å²) in [6.07, 6.45) is 5.20. The zero-order chi connectivity index (χ0) is 17.1. The van der Waals surface area contributed by atoms with Gasteiger partial charge in [-0.1, -0.05) is 30.4 Å². The number of para-hydroxylation sites is 1. The Bertz CT molecular complexity index is 791. The van der Waals surface area contributed by atoms with Gasteiger partial charge in [0.05, 0.1) is 0 Å². The number of H-pyrrole nitrogens is 1. The van der Waals surface area contributed by atoms with E-state index in [2.05, 4.69) is 16.4 Å². The Hall–Kier alpha value is -2.56. The predicted molar refractivity (Wildman–Crippen MR) is 90.1 cm³/mol. The summed E-state index contributed by atoms with van der Waals surface area (Å²) >= 11 is 0. The van der Waals surface area contributed by atoms with Gasteiger partial charge in [0, 0.05) is 40.9 Å². The van der Waals surface area contributed by atoms with E-state index in [-0.39, 0.29) is 5.91 Å². The fourth-order valence-corrected chi connectivity index (χ4v) is 3.46. The SMILES string of the molecule is Cc1[nH]c2ccccc2c1CCNC(=O)[C@H]1CC=CC[C@H]1C(=O)[O-]. The number of carboxylic acids is 1. The van der Waals surface area contributed by atoms with Crippen molar-refractivity contribution in [3.63, 3.8) is 0 Å². The van der Waals surface area contributed by atoms with E-state index < -0.39 is 17.8 Å². The van der Waals surface area contributed by atoms with Crippen molar-refractivity contribution in [1.29, 1.82) is 0 Å². The second-order valence-corrected chi connectivity index (χ2v) is 6.29. The highest BCUT2D eigenvalue weighted by Crippen LogP contribution is 2.26. The van der Waals surface area contributed by atoms with Gasteiger partial charge in [0.2, 0.25) is 5.91 Å². The van der Waals surface area contributed by atoms with Crippen molar-refractivity contribution in [3.05, 3.63) is 47.7 Å². The van der Waals surface area contributed by atoms with Crippen LogP contribution in [0.3, 0.4) is 0 Å². The molecule has 2 atom stereocenters. The standard InChI is InChI=1S/C19H22N2O3/c1-12-13(14-6-4-5-9-17(14)21-12)10-11-20-18(22)15-7-2-3-8-16(15)19(23)24/h2-6,9,15-16,21H,7-8,10-11H2,1H3,(H,20,22)(H,23,24)/p-1/t15-,16+/m0/s1. The van der Waals surface area contributed by atoms with Gasteiger partial charge in [-0.15, -0.1) is 0 Å². The fraction of sp³-hybridized carbons (Fsp3) is 0.368. The van der Waals surface area contributed by atoms with E-state index in [9.17, 15) is 14.7 Å². The fourth-order valence-electron chi connectivity index (χ4n) is 3.46. The van der Waals surface area contributed by atoms with Gasteiger partial charge in [-0.3, -0.25) is 4.79 Å². The van der Waals surface area contributed by atoms with Crippen LogP contribution in [0.1, 0.15) is 24.1 Å². The summed E-state index contributed by atoms with van der Waals surface area (Å²) in [6, 6.07) is 8.08. The molecule has 0 saturated carbocycles. The third-order valence-electron chi connectivity index (χ3n) is 4.77. The monoisotopic (exact) mass is 325 g/mol. The number of aliphatic carboxylic acids is 1. The molecule has 5 nitrogen and oxygen atoms in total. The zero-order valence-electron chi connectivity index (χ0n) is 13.7. The van der Waals surface area contributed by atoms with Gasteiger partial charge in [-0.2, -0.15) is 0 Å². The van der Waals surface area contributed by atoms with Crippen LogP contribution in [0.2, 0.25) is 0 Å². The molecule has 1 aromatic heterocycles. The molecule has 0 unspecified atom stereocenters. The Labute approximate surface area is 140 Å². The van der Waals surface area contributed by atoms with Gasteiger partial charge in [-0.25, -0.2) is 0 Å². The van der Waals surface area contributed by atoms with E-state index >= 15 is 0 Å². The highest BCUT2D eigenvalue weighted by molar-refractivity contribution is 5.86. The largest absolute Gasteiger partial charge is 0.550 e. The number of carbonyl (C=O) groups excluding carboxylic acids is 2. The van der Waals surface area contributed by atoms with Crippen LogP contribution < -0.4 is 10.4 Å². The Morgan fingerprint density at radius 2 is 1.92 bits per heavy atom. The van der Waals surface area contributed by atoms with Crippen LogP contribution in [0.15, 0.2) is 36.4 Å². The van der Waals surface area contributed by atoms with Crippen LogP contribution in [-0.2, 0) is 16.0 Å². The molecule has 5 heteroatoms. The molecule has 126 valence electrons. The lowest BCUT2D eigenvalue weighted by molar-refractivity contribution is -0.313. The van der Waals surface area contributed by atoms with Crippen LogP contribution in [0.5, 0.6) is 0 Å². The number of aromatic amines is 1. The molecule has 0 spiro atoms. The van der Waals surface area contributed by atoms with E-state index in [0.29, 0.717) is 25.8 Å². The van der Waals surface area contributed by atoms with Gasteiger partial charge in [0.15, 0.2) is 0 Å². The average molecular weight is 325 g/mol. The molecule has 0 fully saturated rings. The van der Waals surface area contributed by atoms with Crippen molar-refractivity contribution in [1.82, 2.24) is 10.3 Å². The van der Waals surface area contributed by atoms with Crippen molar-refractivity contribution in [2.24, 2.45) is 11.8 Å². The van der Waals surface area contributed by atoms with Crippen LogP contribution in [0.25, 0.3) is 10.9 Å². The topological polar surface area (TPSA) is 85.0 Å². The first-order valence-corrected chi connectivity index (χ1v) is 8.27. The van der Waals surface area contributed by atoms with Crippen LogP contribution in [-0.4, -0.2) is 23.4 Å². The van der Waals surface area contributed by atoms with E-state index in [4.69, 9.17) is 0 Å². The normalized spacial score (nSPS) is 20.2. The molecule has 1 aliphatic carbocycles. The summed E-state index contributed by atoms with van der Waals surface area (Å²) < 4.78 is 0. The molecule has 24 heavy (non-hydrogen) atoms. The van der Waals surface area contributed by atoms with Crippen molar-refractivity contribution in [3.8, 4) is 0 Å². The maximum Gasteiger partial charge on any atom is 0.224 e. The minimum atomic E-state index is -1.15. The predicted octanol–water partition coefficient (Wildman–Crippen LogP) is 1.47. The number of fused-ring (bicyclic) bond motifs is 1. The molecule has 0 bridgehead atoms. The Kier molecular flexibility index (Phi) is 4.69. The second kappa shape index (κ2) is 6.91. The summed E-state index contributed by atoms with van der Waals surface area (Å²) in [5.41, 5.74) is 3.37. The Morgan fingerprint density at radius 3 is 2.67 bits per heavy atom. The molecule has 0 saturated heterocycles. The summed E-state index contributed by atoms with van der Waals surface area (Å²) in [5, 5.41) is 15.2. The quantitative estimate of drug-likeness (QED) is 0.816. The van der Waals surface area contributed by atoms with Crippen LogP contribution in [0.4, 0.5) is 0 Å². The zero-order valence-corrected chi connectivity index (χ0v) is 13.7. The summed E-state index contributed by atoms with van der Waals surface area (Å²) in [5.74, 6) is -2.62. The first-order chi connectivity index (χ1) is 11.6. The van der Waals surface area contributed by atoms with E-state index in [1.807, 2.05) is 31.2 Å². The third kappa shape index (κ3) is 3.20. The molecule has 0 radical (unpaired) electrons. The Balaban J connectivity index is 1.63. The third-order valence-corrected chi connectivity index (χ3v) is 4.77. The second-order valence-electron chi connectivity index (χ2n) is 6.29. The van der Waals surface area contributed by atoms with Gasteiger partial charge in [0.25, 0.3) is 0 Å². The molecule has 1 aliphatic rings. The number of aromatic nitrogens is 1. The molecule has 2 N–H and O–H groups in total. The minimum absolute atomic E-state index is 0.203. The highest BCUT2D eigenvalue weighted by Gasteiger charge is 2.29. The number of rotatable bonds is 5. The molecular weight excluding hydrogens is 304 g/mol. The van der Waals surface area contributed by atoms with E-state index in [0.717, 1.165) is 16.6 Å². The van der Waals surface area contributed by atoms with Crippen molar-refractivity contribution >= 4 is 22.8 Å². The highest BCUT2D eigenvalue weighted by atomic mass is 16.4. The van der Waals surface area contributed by atoms with Gasteiger partial charge >= 0.3 is 0 Å². The van der Waals surface area contributed by atoms with Crippen LogP contribution in [0, 0.1) is 18.8 Å². The van der Waals surface area contributed by atoms with Gasteiger partial charge in [0.1, 0.15) is 0 Å². The number of allylic oxidation sites excluding steroid dienone is 2. The van der Waals surface area contributed by atoms with Crippen LogP contribution >= 0.6 is 0 Å². The molecule has 1 heterocycles. The number of benzene rings is 1. The number of amides is 1. The number of nitrogens with one attached hydrogen (secondary N) is 2. The lowest BCUT2D eigenvalue weighted by Crippen LogP contribution is -2.44. The molecule has 3 rings (SSSR count). The maximum absolute atomic E-state index is 12.3. The molecular formula is C19H21N2O3-. The molecule has 0 aliphatic heterocycles. The lowest BCUT2D eigenvalue weighted by atomic mass is 9.82. The number of hydrogen-bond donors (Lipinski definition) is 2. The van der Waals surface area contributed by atoms with E-state index in [1.54, 1.807) is 6.08 Å². The van der Waals surface area contributed by atoms with Crippen molar-refractivity contribution < 1.29 is 14.7 Å². The van der Waals surface area contributed by atoms with E-state index in [1.165, 1.54) is 5.56 Å². The average Bonchev–Trinajstić information content (AvgIpc) is 2.90. The first-order valence-electron chi connectivity index (χ1n) is 8.27. The van der Waals surface area contributed by atoms with Gasteiger partial charge in [-0.05, 0) is 37.8 Å². The minimum Gasteiger partial charge on any atom is -0.550 e. The molecule has 1 aromatic carbocycles. The lowest BCUT2D eigenvalue weighted by Gasteiger charge is -2.28. The Morgan fingerprint density at radius 1 is 1.21 bits per heavy atom. The van der Waals surface area contributed by atoms with Crippen molar-refractivity contribution in [2.45, 2.75) is 26.2 Å².